The van der Waals surface area contributed by atoms with E-state index < -0.39 is 23.2 Å². The third kappa shape index (κ3) is 1.83. The first-order chi connectivity index (χ1) is 12.7. The first kappa shape index (κ1) is 11.0. The maximum absolute atomic E-state index is 12.2. The number of fused-ring (bicyclic) bond motifs is 4. The van der Waals surface area contributed by atoms with Crippen molar-refractivity contribution in [1.29, 1.82) is 0 Å². The molecule has 0 amide bonds. The standard InChI is InChI=1S/C21H24O2/c1-3-20-11-9-17-16-8-6-15(22)13-14(16)5-7-18(17)19(20)10-12-21(20,23)4-2/h2,9,11,13,18-19,23H,3,5-8,10,12H2,1H3/t18-,19+,20+,21+/m1/s1/i2D,6D2,13D. The van der Waals surface area contributed by atoms with E-state index >= 15 is 0 Å². The van der Waals surface area contributed by atoms with Crippen LogP contribution in [0.25, 0.3) is 0 Å². The summed E-state index contributed by atoms with van der Waals surface area (Å²) >= 11 is 0. The van der Waals surface area contributed by atoms with Crippen LogP contribution in [0.3, 0.4) is 0 Å². The Labute approximate surface area is 144 Å². The van der Waals surface area contributed by atoms with Gasteiger partial charge in [-0.3, -0.25) is 4.79 Å². The van der Waals surface area contributed by atoms with Crippen molar-refractivity contribution < 1.29 is 15.4 Å². The van der Waals surface area contributed by atoms with Crippen molar-refractivity contribution in [3.63, 3.8) is 0 Å². The lowest BCUT2D eigenvalue weighted by atomic mass is 9.56. The lowest BCUT2D eigenvalue weighted by molar-refractivity contribution is -0.114. The Balaban J connectivity index is 1.88. The second-order valence-electron chi connectivity index (χ2n) is 7.22. The Kier molecular flexibility index (Phi) is 2.38. The van der Waals surface area contributed by atoms with Crippen molar-refractivity contribution in [1.82, 2.24) is 0 Å². The second-order valence-corrected chi connectivity index (χ2v) is 7.22. The van der Waals surface area contributed by atoms with E-state index in [0.717, 1.165) is 30.4 Å². The van der Waals surface area contributed by atoms with Gasteiger partial charge in [-0.25, -0.2) is 0 Å². The summed E-state index contributed by atoms with van der Waals surface area (Å²) in [4.78, 5) is 12.2. The van der Waals surface area contributed by atoms with Crippen LogP contribution >= 0.6 is 0 Å². The zero-order chi connectivity index (χ0) is 19.6. The minimum absolute atomic E-state index is 0.0301. The number of carbonyl (C=O) groups excluding carboxylic acids is 1. The fourth-order valence-electron chi connectivity index (χ4n) is 5.42. The first-order valence-corrected chi connectivity index (χ1v) is 8.54. The molecule has 4 rings (SSSR count). The summed E-state index contributed by atoms with van der Waals surface area (Å²) in [5.74, 6) is 2.40. The van der Waals surface area contributed by atoms with Crippen LogP contribution < -0.4 is 0 Å². The van der Waals surface area contributed by atoms with Gasteiger partial charge in [-0.2, -0.15) is 0 Å². The summed E-state index contributed by atoms with van der Waals surface area (Å²) in [5, 5.41) is 11.2. The van der Waals surface area contributed by atoms with E-state index in [-0.39, 0.29) is 24.3 Å². The van der Waals surface area contributed by atoms with Gasteiger partial charge in [0, 0.05) is 14.5 Å². The van der Waals surface area contributed by atoms with Gasteiger partial charge < -0.3 is 5.11 Å². The number of hydrogen-bond donors (Lipinski definition) is 1. The molecular formula is C21H24O2. The summed E-state index contributed by atoms with van der Waals surface area (Å²) in [6.07, 6.45) is 7.66. The molecule has 0 aliphatic heterocycles. The number of ketones is 1. The molecule has 0 saturated heterocycles. The SMILES string of the molecule is [2H]C#C[C@]1(O)CC[C@H]2[C@@H]3CCC4=C([2H])C(=O)C([2H])([2H])CC4=C3C=C[C@@]21CC. The molecule has 0 bridgehead atoms. The molecule has 120 valence electrons. The zero-order valence-electron chi connectivity index (χ0n) is 17.4. The molecule has 2 heteroatoms. The number of aliphatic hydroxyl groups is 1. The van der Waals surface area contributed by atoms with E-state index in [1.54, 1.807) is 0 Å². The first-order valence-electron chi connectivity index (χ1n) is 10.5. The Morgan fingerprint density at radius 3 is 3.22 bits per heavy atom. The summed E-state index contributed by atoms with van der Waals surface area (Å²) in [6.45, 7) is 2.05. The maximum Gasteiger partial charge on any atom is 0.156 e. The Bertz CT molecular complexity index is 872. The summed E-state index contributed by atoms with van der Waals surface area (Å²) in [5.41, 5.74) is 0.867. The molecular weight excluding hydrogens is 284 g/mol. The molecule has 0 aromatic carbocycles. The summed E-state index contributed by atoms with van der Waals surface area (Å²) in [7, 11) is 0. The number of allylic oxidation sites excluding steroid dienone is 5. The predicted octanol–water partition coefficient (Wildman–Crippen LogP) is 3.72. The van der Waals surface area contributed by atoms with Crippen LogP contribution in [0.2, 0.25) is 0 Å². The van der Waals surface area contributed by atoms with Crippen LogP contribution in [0.4, 0.5) is 0 Å². The van der Waals surface area contributed by atoms with Gasteiger partial charge in [-0.1, -0.05) is 25.0 Å². The fourth-order valence-corrected chi connectivity index (χ4v) is 5.42. The molecule has 4 aliphatic carbocycles. The quantitative estimate of drug-likeness (QED) is 0.749. The van der Waals surface area contributed by atoms with Crippen molar-refractivity contribution in [2.45, 2.75) is 57.4 Å². The highest BCUT2D eigenvalue weighted by molar-refractivity contribution is 5.93. The maximum atomic E-state index is 12.2. The molecule has 1 fully saturated rings. The summed E-state index contributed by atoms with van der Waals surface area (Å²) < 4.78 is 31.6. The average Bonchev–Trinajstić information content (AvgIpc) is 2.93. The Morgan fingerprint density at radius 1 is 1.57 bits per heavy atom. The Morgan fingerprint density at radius 2 is 2.43 bits per heavy atom. The van der Waals surface area contributed by atoms with E-state index in [2.05, 4.69) is 12.3 Å². The van der Waals surface area contributed by atoms with Gasteiger partial charge in [0.1, 0.15) is 6.97 Å². The average molecular weight is 312 g/mol. The van der Waals surface area contributed by atoms with Gasteiger partial charge in [0.25, 0.3) is 0 Å². The fraction of sp³-hybridized carbons (Fsp3) is 0.571. The second kappa shape index (κ2) is 4.95. The smallest absolute Gasteiger partial charge is 0.156 e. The van der Waals surface area contributed by atoms with Crippen LogP contribution in [0.5, 0.6) is 0 Å². The third-order valence-corrected chi connectivity index (χ3v) is 6.59. The Hall–Kier alpha value is -1.59. The number of terminal acetylenes is 1. The molecule has 0 spiro atoms. The van der Waals surface area contributed by atoms with E-state index in [1.165, 1.54) is 0 Å². The molecule has 23 heavy (non-hydrogen) atoms. The van der Waals surface area contributed by atoms with Gasteiger partial charge in [-0.05, 0) is 73.1 Å². The van der Waals surface area contributed by atoms with Crippen LogP contribution in [0.1, 0.15) is 57.3 Å². The van der Waals surface area contributed by atoms with E-state index in [0.29, 0.717) is 18.4 Å². The lowest BCUT2D eigenvalue weighted by Gasteiger charge is -2.48. The minimum atomic E-state index is -2.02. The van der Waals surface area contributed by atoms with Crippen LogP contribution in [-0.2, 0) is 4.79 Å². The molecule has 0 unspecified atom stereocenters. The van der Waals surface area contributed by atoms with Crippen LogP contribution in [0.15, 0.2) is 34.9 Å². The molecule has 0 aromatic heterocycles. The predicted molar refractivity (Wildman–Crippen MR) is 90.4 cm³/mol. The molecule has 0 radical (unpaired) electrons. The van der Waals surface area contributed by atoms with Crippen molar-refractivity contribution in [2.75, 3.05) is 0 Å². The summed E-state index contributed by atoms with van der Waals surface area (Å²) in [6, 6.07) is -0.170. The van der Waals surface area contributed by atoms with Crippen molar-refractivity contribution >= 4 is 5.78 Å². The third-order valence-electron chi connectivity index (χ3n) is 6.59. The van der Waals surface area contributed by atoms with Crippen molar-refractivity contribution in [2.24, 2.45) is 17.3 Å². The van der Waals surface area contributed by atoms with E-state index in [1.807, 2.05) is 19.1 Å². The molecule has 1 N–H and O–H groups in total. The monoisotopic (exact) mass is 312 g/mol. The zero-order valence-corrected chi connectivity index (χ0v) is 13.4. The van der Waals surface area contributed by atoms with Crippen molar-refractivity contribution in [3.8, 4) is 12.3 Å². The van der Waals surface area contributed by atoms with Gasteiger partial charge in [0.05, 0.1) is 1.37 Å². The highest BCUT2D eigenvalue weighted by atomic mass is 16.3. The van der Waals surface area contributed by atoms with E-state index in [4.69, 9.17) is 5.48 Å². The lowest BCUT2D eigenvalue weighted by Crippen LogP contribution is -2.48. The van der Waals surface area contributed by atoms with E-state index in [9.17, 15) is 9.90 Å². The van der Waals surface area contributed by atoms with Crippen LogP contribution in [-0.4, -0.2) is 16.5 Å². The molecule has 1 saturated carbocycles. The topological polar surface area (TPSA) is 37.3 Å². The normalized spacial score (nSPS) is 46.6. The van der Waals surface area contributed by atoms with Gasteiger partial charge in [-0.15, -0.1) is 6.40 Å². The van der Waals surface area contributed by atoms with Gasteiger partial charge in [0.15, 0.2) is 5.78 Å². The van der Waals surface area contributed by atoms with Gasteiger partial charge >= 0.3 is 0 Å². The molecule has 4 atom stereocenters. The molecule has 0 aromatic rings. The number of hydrogen-bond acceptors (Lipinski definition) is 2. The largest absolute Gasteiger partial charge is 0.377 e. The highest BCUT2D eigenvalue weighted by Gasteiger charge is 2.60. The van der Waals surface area contributed by atoms with Crippen LogP contribution in [0, 0.1) is 29.6 Å². The molecule has 4 aliphatic rings. The number of rotatable bonds is 1. The van der Waals surface area contributed by atoms with Gasteiger partial charge in [0.2, 0.25) is 0 Å². The molecule has 0 heterocycles. The minimum Gasteiger partial charge on any atom is -0.377 e. The highest BCUT2D eigenvalue weighted by Crippen LogP contribution is 2.62. The number of carbonyl (C=O) groups is 1. The van der Waals surface area contributed by atoms with Crippen molar-refractivity contribution in [3.05, 3.63) is 34.9 Å². The molecule has 2 nitrogen and oxygen atoms in total.